The van der Waals surface area contributed by atoms with Gasteiger partial charge in [0.2, 0.25) is 0 Å². The fourth-order valence-corrected chi connectivity index (χ4v) is 2.39. The van der Waals surface area contributed by atoms with Crippen LogP contribution in [0.1, 0.15) is 16.8 Å². The largest absolute Gasteiger partial charge is 0.379 e. The highest BCUT2D eigenvalue weighted by Gasteiger charge is 2.18. The van der Waals surface area contributed by atoms with Crippen molar-refractivity contribution in [3.63, 3.8) is 0 Å². The monoisotopic (exact) mass is 267 g/mol. The molecule has 1 aliphatic rings. The maximum Gasteiger partial charge on any atom is 0.251 e. The first-order chi connectivity index (χ1) is 9.83. The highest BCUT2D eigenvalue weighted by atomic mass is 16.5. The molecule has 1 atom stereocenters. The molecule has 3 rings (SSSR count). The number of hydrogen-bond donors (Lipinski definition) is 1. The van der Waals surface area contributed by atoms with Gasteiger partial charge in [0.1, 0.15) is 0 Å². The minimum absolute atomic E-state index is 0.0294. The average molecular weight is 267 g/mol. The van der Waals surface area contributed by atoms with Gasteiger partial charge in [-0.2, -0.15) is 0 Å². The van der Waals surface area contributed by atoms with E-state index in [9.17, 15) is 4.79 Å². The molecule has 1 N–H and O–H groups in total. The van der Waals surface area contributed by atoms with E-state index < -0.39 is 0 Å². The van der Waals surface area contributed by atoms with E-state index in [1.165, 1.54) is 0 Å². The lowest BCUT2D eigenvalue weighted by Gasteiger charge is -2.11. The standard InChI is InChI=1S/C17H17NO2/c19-17(18-16-9-10-20-12-16)15-8-4-7-14(11-15)13-5-2-1-3-6-13/h1-8,11,16H,9-10,12H2,(H,18,19)/t16-/m0/s1. The van der Waals surface area contributed by atoms with E-state index >= 15 is 0 Å². The van der Waals surface area contributed by atoms with E-state index in [0.29, 0.717) is 12.2 Å². The molecule has 1 saturated heterocycles. The van der Waals surface area contributed by atoms with Crippen molar-refractivity contribution < 1.29 is 9.53 Å². The minimum atomic E-state index is -0.0294. The fourth-order valence-electron chi connectivity index (χ4n) is 2.39. The summed E-state index contributed by atoms with van der Waals surface area (Å²) in [6.07, 6.45) is 0.893. The van der Waals surface area contributed by atoms with Crippen LogP contribution in [-0.2, 0) is 4.74 Å². The number of rotatable bonds is 3. The smallest absolute Gasteiger partial charge is 0.251 e. The molecule has 3 nitrogen and oxygen atoms in total. The molecule has 0 aromatic heterocycles. The van der Waals surface area contributed by atoms with E-state index in [1.54, 1.807) is 0 Å². The normalized spacial score (nSPS) is 17.9. The highest BCUT2D eigenvalue weighted by Crippen LogP contribution is 2.20. The Hall–Kier alpha value is -2.13. The van der Waals surface area contributed by atoms with E-state index in [4.69, 9.17) is 4.74 Å². The Labute approximate surface area is 118 Å². The van der Waals surface area contributed by atoms with E-state index in [-0.39, 0.29) is 11.9 Å². The summed E-state index contributed by atoms with van der Waals surface area (Å²) in [5.74, 6) is -0.0294. The van der Waals surface area contributed by atoms with Gasteiger partial charge in [-0.05, 0) is 29.7 Å². The van der Waals surface area contributed by atoms with Gasteiger partial charge in [-0.15, -0.1) is 0 Å². The molecule has 1 amide bonds. The molecule has 0 radical (unpaired) electrons. The van der Waals surface area contributed by atoms with Crippen LogP contribution in [0.3, 0.4) is 0 Å². The predicted molar refractivity (Wildman–Crippen MR) is 78.6 cm³/mol. The van der Waals surface area contributed by atoms with Gasteiger partial charge in [0, 0.05) is 12.2 Å². The summed E-state index contributed by atoms with van der Waals surface area (Å²) in [4.78, 5) is 12.2. The number of hydrogen-bond acceptors (Lipinski definition) is 2. The van der Waals surface area contributed by atoms with Crippen LogP contribution in [-0.4, -0.2) is 25.2 Å². The van der Waals surface area contributed by atoms with Crippen LogP contribution in [0.5, 0.6) is 0 Å². The van der Waals surface area contributed by atoms with Crippen LogP contribution in [0, 0.1) is 0 Å². The molecule has 1 heterocycles. The van der Waals surface area contributed by atoms with Crippen molar-refractivity contribution in [2.75, 3.05) is 13.2 Å². The number of carbonyl (C=O) groups excluding carboxylic acids is 1. The second-order valence-corrected chi connectivity index (χ2v) is 4.98. The molecule has 2 aromatic carbocycles. The van der Waals surface area contributed by atoms with Crippen LogP contribution in [0.4, 0.5) is 0 Å². The molecule has 0 bridgehead atoms. The van der Waals surface area contributed by atoms with Crippen molar-refractivity contribution >= 4 is 5.91 Å². The Kier molecular flexibility index (Phi) is 3.79. The molecule has 0 aliphatic carbocycles. The fraction of sp³-hybridized carbons (Fsp3) is 0.235. The van der Waals surface area contributed by atoms with Gasteiger partial charge in [0.15, 0.2) is 0 Å². The molecule has 20 heavy (non-hydrogen) atoms. The average Bonchev–Trinajstić information content (AvgIpc) is 3.01. The Balaban J connectivity index is 1.78. The summed E-state index contributed by atoms with van der Waals surface area (Å²) in [6.45, 7) is 1.35. The van der Waals surface area contributed by atoms with Crippen LogP contribution in [0.15, 0.2) is 54.6 Å². The third-order valence-electron chi connectivity index (χ3n) is 3.50. The number of amides is 1. The third kappa shape index (κ3) is 2.89. The van der Waals surface area contributed by atoms with E-state index in [2.05, 4.69) is 5.32 Å². The number of benzene rings is 2. The van der Waals surface area contributed by atoms with Crippen LogP contribution in [0.25, 0.3) is 11.1 Å². The molecule has 0 saturated carbocycles. The zero-order valence-corrected chi connectivity index (χ0v) is 11.2. The van der Waals surface area contributed by atoms with Crippen LogP contribution < -0.4 is 5.32 Å². The summed E-state index contributed by atoms with van der Waals surface area (Å²) in [7, 11) is 0. The summed E-state index contributed by atoms with van der Waals surface area (Å²) >= 11 is 0. The van der Waals surface area contributed by atoms with Crippen molar-refractivity contribution in [3.8, 4) is 11.1 Å². The van der Waals surface area contributed by atoms with Gasteiger partial charge in [0.25, 0.3) is 5.91 Å². The molecule has 0 unspecified atom stereocenters. The summed E-state index contributed by atoms with van der Waals surface area (Å²) < 4.78 is 5.27. The molecule has 102 valence electrons. The quantitative estimate of drug-likeness (QED) is 0.928. The Morgan fingerprint density at radius 3 is 2.60 bits per heavy atom. The van der Waals surface area contributed by atoms with Crippen molar-refractivity contribution in [2.45, 2.75) is 12.5 Å². The Morgan fingerprint density at radius 1 is 1.05 bits per heavy atom. The Bertz CT molecular complexity index is 589. The first-order valence-electron chi connectivity index (χ1n) is 6.87. The number of nitrogens with one attached hydrogen (secondary N) is 1. The maximum absolute atomic E-state index is 12.2. The van der Waals surface area contributed by atoms with Crippen molar-refractivity contribution in [1.82, 2.24) is 5.32 Å². The van der Waals surface area contributed by atoms with E-state index in [1.807, 2.05) is 54.6 Å². The molecule has 1 fully saturated rings. The topological polar surface area (TPSA) is 38.3 Å². The number of ether oxygens (including phenoxy) is 1. The van der Waals surface area contributed by atoms with Crippen molar-refractivity contribution in [2.24, 2.45) is 0 Å². The first kappa shape index (κ1) is 12.9. The molecular formula is C17H17NO2. The van der Waals surface area contributed by atoms with Gasteiger partial charge < -0.3 is 10.1 Å². The lowest BCUT2D eigenvalue weighted by molar-refractivity contribution is 0.0930. The summed E-state index contributed by atoms with van der Waals surface area (Å²) in [5.41, 5.74) is 2.87. The van der Waals surface area contributed by atoms with Gasteiger partial charge in [-0.25, -0.2) is 0 Å². The third-order valence-corrected chi connectivity index (χ3v) is 3.50. The van der Waals surface area contributed by atoms with Gasteiger partial charge in [-0.3, -0.25) is 4.79 Å². The Morgan fingerprint density at radius 2 is 1.85 bits per heavy atom. The van der Waals surface area contributed by atoms with Crippen molar-refractivity contribution in [1.29, 1.82) is 0 Å². The highest BCUT2D eigenvalue weighted by molar-refractivity contribution is 5.95. The molecule has 2 aromatic rings. The minimum Gasteiger partial charge on any atom is -0.379 e. The van der Waals surface area contributed by atoms with Gasteiger partial charge in [-0.1, -0.05) is 42.5 Å². The van der Waals surface area contributed by atoms with E-state index in [0.717, 1.165) is 24.2 Å². The molecule has 1 aliphatic heterocycles. The predicted octanol–water partition coefficient (Wildman–Crippen LogP) is 2.87. The first-order valence-corrected chi connectivity index (χ1v) is 6.87. The lowest BCUT2D eigenvalue weighted by Crippen LogP contribution is -2.34. The number of carbonyl (C=O) groups is 1. The SMILES string of the molecule is O=C(N[C@H]1CCOC1)c1cccc(-c2ccccc2)c1. The summed E-state index contributed by atoms with van der Waals surface area (Å²) in [6, 6.07) is 17.9. The van der Waals surface area contributed by atoms with Gasteiger partial charge >= 0.3 is 0 Å². The molecular weight excluding hydrogens is 250 g/mol. The lowest BCUT2D eigenvalue weighted by atomic mass is 10.0. The molecule has 0 spiro atoms. The second kappa shape index (κ2) is 5.88. The summed E-state index contributed by atoms with van der Waals surface area (Å²) in [5, 5.41) is 3.01. The zero-order valence-electron chi connectivity index (χ0n) is 11.2. The van der Waals surface area contributed by atoms with Crippen LogP contribution in [0.2, 0.25) is 0 Å². The zero-order chi connectivity index (χ0) is 13.8. The molecule has 3 heteroatoms. The van der Waals surface area contributed by atoms with Crippen LogP contribution >= 0.6 is 0 Å². The van der Waals surface area contributed by atoms with Gasteiger partial charge in [0.05, 0.1) is 12.6 Å². The second-order valence-electron chi connectivity index (χ2n) is 4.98. The maximum atomic E-state index is 12.2. The van der Waals surface area contributed by atoms with Crippen molar-refractivity contribution in [3.05, 3.63) is 60.2 Å².